The van der Waals surface area contributed by atoms with Gasteiger partial charge in [0.2, 0.25) is 23.6 Å². The Morgan fingerprint density at radius 2 is 0.871 bits per heavy atom. The van der Waals surface area contributed by atoms with Gasteiger partial charge >= 0.3 is 0 Å². The third-order valence-corrected chi connectivity index (χ3v) is 9.05. The van der Waals surface area contributed by atoms with E-state index in [4.69, 9.17) is 42.6 Å². The highest BCUT2D eigenvalue weighted by Crippen LogP contribution is 2.11. The standard InChI is InChI=1S/C8H15NO2.C7H13NO2.C7H15NO2.C6H12O2.C5H11NO2.2C5H12O2.C4H10O2.C2H6O/c1-11-7-8(10)9-5-3-2-4-6-9;1-10-6-7(9)8-4-2-3-5-8;1-4-8(5-2)7(9)6-10-3;1-7-5-6-3-2-4-8-6;1-6(2)5(7)4-8-3;1-6-4-3-5-7-2;1-3-7-5-4-6-2;1-5-3-4-6-2;1-3-2/h2-7H2,1H3;2-6H2,1H3;4-6H2,1-3H3;6H,2-5H2,1H3;4H2,1-3H3;2*3-5H2,1-2H3;3-4H2,1-2H3;1-2H3. The maximum absolute atomic E-state index is 11.2. The third kappa shape index (κ3) is 63.4. The number of hydrogen-bond acceptors (Lipinski definition) is 17. The molecule has 0 aromatic heterocycles. The number of hydrogen-bond donors (Lipinski definition) is 0. The first-order valence-corrected chi connectivity index (χ1v) is 24.2. The van der Waals surface area contributed by atoms with Gasteiger partial charge in [-0.25, -0.2) is 0 Å². The Morgan fingerprint density at radius 1 is 0.486 bits per heavy atom. The molecule has 0 N–H and O–H groups in total. The molecule has 1 atom stereocenters. The van der Waals surface area contributed by atoms with Crippen LogP contribution in [0.4, 0.5) is 0 Å². The summed E-state index contributed by atoms with van der Waals surface area (Å²) in [5, 5.41) is 0. The Bertz CT molecular complexity index is 994. The number of likely N-dealkylation sites (N-methyl/N-ethyl adjacent to an activating group) is 2. The van der Waals surface area contributed by atoms with Crippen molar-refractivity contribution in [2.24, 2.45) is 0 Å². The van der Waals surface area contributed by atoms with Crippen LogP contribution in [0.15, 0.2) is 0 Å². The summed E-state index contributed by atoms with van der Waals surface area (Å²) < 4.78 is 61.7. The fourth-order valence-corrected chi connectivity index (χ4v) is 5.35. The van der Waals surface area contributed by atoms with Crippen LogP contribution in [0.5, 0.6) is 0 Å². The van der Waals surface area contributed by atoms with E-state index >= 15 is 0 Å². The Labute approximate surface area is 425 Å². The zero-order chi connectivity index (χ0) is 54.5. The summed E-state index contributed by atoms with van der Waals surface area (Å²) in [7, 11) is 22.8. The van der Waals surface area contributed by atoms with Crippen molar-refractivity contribution in [3.05, 3.63) is 0 Å². The van der Waals surface area contributed by atoms with Crippen LogP contribution in [-0.2, 0) is 80.8 Å². The molecule has 3 rings (SSSR count). The molecule has 0 aliphatic carbocycles. The van der Waals surface area contributed by atoms with Crippen molar-refractivity contribution in [3.8, 4) is 0 Å². The molecule has 4 amide bonds. The molecule has 3 saturated heterocycles. The zero-order valence-corrected chi connectivity index (χ0v) is 47.4. The van der Waals surface area contributed by atoms with Gasteiger partial charge in [-0.2, -0.15) is 0 Å². The second-order valence-electron chi connectivity index (χ2n) is 15.1. The summed E-state index contributed by atoms with van der Waals surface area (Å²) in [6.45, 7) is 18.8. The van der Waals surface area contributed by atoms with Gasteiger partial charge in [0.15, 0.2) is 0 Å². The molecule has 70 heavy (non-hydrogen) atoms. The van der Waals surface area contributed by atoms with Crippen LogP contribution in [-0.4, -0.2) is 274 Å². The molecular formula is C49H106N4O17. The number of rotatable bonds is 23. The molecule has 0 aromatic carbocycles. The Balaban J connectivity index is -0.000000167. The van der Waals surface area contributed by atoms with E-state index in [0.717, 1.165) is 104 Å². The predicted molar refractivity (Wildman–Crippen MR) is 275 cm³/mol. The monoisotopic (exact) mass is 1020 g/mol. The van der Waals surface area contributed by atoms with Crippen LogP contribution in [0, 0.1) is 0 Å². The van der Waals surface area contributed by atoms with E-state index < -0.39 is 0 Å². The highest BCUT2D eigenvalue weighted by atomic mass is 16.5. The predicted octanol–water partition coefficient (Wildman–Crippen LogP) is 3.81. The van der Waals surface area contributed by atoms with E-state index in [9.17, 15) is 19.2 Å². The molecule has 21 nitrogen and oxygen atoms in total. The van der Waals surface area contributed by atoms with E-state index in [1.54, 1.807) is 90.1 Å². The van der Waals surface area contributed by atoms with Gasteiger partial charge in [0.25, 0.3) is 0 Å². The largest absolute Gasteiger partial charge is 0.388 e. The van der Waals surface area contributed by atoms with Crippen LogP contribution < -0.4 is 0 Å². The van der Waals surface area contributed by atoms with Crippen molar-refractivity contribution in [2.75, 3.05) is 225 Å². The first kappa shape index (κ1) is 78.8. The van der Waals surface area contributed by atoms with E-state index in [1.165, 1.54) is 38.4 Å². The third-order valence-electron chi connectivity index (χ3n) is 9.05. The van der Waals surface area contributed by atoms with Crippen LogP contribution in [0.25, 0.3) is 0 Å². The fraction of sp³-hybridized carbons (Fsp3) is 0.918. The smallest absolute Gasteiger partial charge is 0.248 e. The van der Waals surface area contributed by atoms with Crippen molar-refractivity contribution in [2.45, 2.75) is 78.2 Å². The number of piperidine rings is 1. The minimum atomic E-state index is -0.00694. The number of methoxy groups -OCH3 is 11. The SMILES string of the molecule is CCN(CC)C(=O)COC.CCOCCOC.COC.COCC(=O)N(C)C.COCC(=O)N1CCCC1.COCC(=O)N1CCCCC1.COCC1CCCO1.COCCCOC.COCCOC. The van der Waals surface area contributed by atoms with Crippen LogP contribution in [0.3, 0.4) is 0 Å². The van der Waals surface area contributed by atoms with Crippen molar-refractivity contribution in [1.82, 2.24) is 19.6 Å². The Kier molecular flexibility index (Phi) is 77.0. The number of amides is 4. The maximum atomic E-state index is 11.2. The molecule has 3 aliphatic rings. The second-order valence-corrected chi connectivity index (χ2v) is 15.1. The summed E-state index contributed by atoms with van der Waals surface area (Å²) in [5.74, 6) is 0.312. The lowest BCUT2D eigenvalue weighted by molar-refractivity contribution is -0.136. The van der Waals surface area contributed by atoms with Gasteiger partial charge in [-0.15, -0.1) is 0 Å². The first-order chi connectivity index (χ1) is 33.7. The molecule has 0 radical (unpaired) electrons. The fourth-order valence-electron chi connectivity index (χ4n) is 5.35. The number of ether oxygens (including phenoxy) is 13. The van der Waals surface area contributed by atoms with Crippen molar-refractivity contribution < 1.29 is 80.8 Å². The second kappa shape index (κ2) is 68.4. The molecule has 3 heterocycles. The Hall–Kier alpha value is -2.64. The lowest BCUT2D eigenvalue weighted by atomic mass is 10.1. The van der Waals surface area contributed by atoms with Gasteiger partial charge in [0.1, 0.15) is 26.4 Å². The van der Waals surface area contributed by atoms with Gasteiger partial charge in [-0.3, -0.25) is 19.2 Å². The molecule has 1 unspecified atom stereocenters. The van der Waals surface area contributed by atoms with Crippen LogP contribution >= 0.6 is 0 Å². The van der Waals surface area contributed by atoms with Crippen molar-refractivity contribution in [3.63, 3.8) is 0 Å². The summed E-state index contributed by atoms with van der Waals surface area (Å²) in [5.41, 5.74) is 0. The van der Waals surface area contributed by atoms with Gasteiger partial charge in [0.05, 0.1) is 39.1 Å². The molecular weight excluding hydrogens is 917 g/mol. The van der Waals surface area contributed by atoms with Gasteiger partial charge in [0, 0.05) is 165 Å². The molecule has 0 saturated carbocycles. The lowest BCUT2D eigenvalue weighted by Crippen LogP contribution is -2.37. The first-order valence-electron chi connectivity index (χ1n) is 24.2. The molecule has 0 aromatic rings. The van der Waals surface area contributed by atoms with E-state index in [2.05, 4.69) is 18.9 Å². The van der Waals surface area contributed by atoms with Crippen LogP contribution in [0.2, 0.25) is 0 Å². The van der Waals surface area contributed by atoms with E-state index in [0.29, 0.717) is 32.5 Å². The average Bonchev–Trinajstić information content (AvgIpc) is 4.11. The summed E-state index contributed by atoms with van der Waals surface area (Å²) >= 11 is 0. The minimum absolute atomic E-state index is 0.00694. The topological polar surface area (TPSA) is 201 Å². The van der Waals surface area contributed by atoms with Crippen LogP contribution in [0.1, 0.15) is 72.1 Å². The zero-order valence-electron chi connectivity index (χ0n) is 47.4. The summed E-state index contributed by atoms with van der Waals surface area (Å²) in [4.78, 5) is 50.8. The van der Waals surface area contributed by atoms with Gasteiger partial charge in [-0.1, -0.05) is 0 Å². The summed E-state index contributed by atoms with van der Waals surface area (Å²) in [6.07, 6.45) is 9.61. The van der Waals surface area contributed by atoms with Gasteiger partial charge in [-0.05, 0) is 72.1 Å². The molecule has 21 heteroatoms. The quantitative estimate of drug-likeness (QED) is 0.134. The average molecular weight is 1020 g/mol. The number of likely N-dealkylation sites (tertiary alicyclic amines) is 2. The van der Waals surface area contributed by atoms with E-state index in [1.807, 2.05) is 30.6 Å². The van der Waals surface area contributed by atoms with Crippen molar-refractivity contribution in [1.29, 1.82) is 0 Å². The van der Waals surface area contributed by atoms with Crippen molar-refractivity contribution >= 4 is 23.6 Å². The number of carbonyl (C=O) groups is 4. The molecule has 424 valence electrons. The molecule has 0 bridgehead atoms. The number of carbonyl (C=O) groups excluding carboxylic acids is 4. The van der Waals surface area contributed by atoms with Gasteiger partial charge < -0.3 is 81.2 Å². The minimum Gasteiger partial charge on any atom is -0.388 e. The normalized spacial score (nSPS) is 14.0. The number of nitrogens with zero attached hydrogens (tertiary/aromatic N) is 4. The molecule has 3 aliphatic heterocycles. The highest BCUT2D eigenvalue weighted by Gasteiger charge is 2.17. The lowest BCUT2D eigenvalue weighted by Gasteiger charge is -2.26. The molecule has 3 fully saturated rings. The summed E-state index contributed by atoms with van der Waals surface area (Å²) in [6, 6.07) is 0. The maximum Gasteiger partial charge on any atom is 0.248 e. The molecule has 0 spiro atoms. The van der Waals surface area contributed by atoms with E-state index in [-0.39, 0.29) is 50.1 Å². The highest BCUT2D eigenvalue weighted by molar-refractivity contribution is 5.78. The Morgan fingerprint density at radius 3 is 1.17 bits per heavy atom.